The molecule has 1 fully saturated rings. The quantitative estimate of drug-likeness (QED) is 0.808. The molecular formula is C15H19ClN4O2S2. The van der Waals surface area contributed by atoms with E-state index < -0.39 is 10.0 Å². The SMILES string of the molecule is CC(C)c1nsc(N2CCN(S(=O)(=O)c3ccc(Cl)cc3)CC2)n1. The first-order valence-electron chi connectivity index (χ1n) is 7.72. The van der Waals surface area contributed by atoms with Crippen LogP contribution in [0.4, 0.5) is 5.13 Å². The third kappa shape index (κ3) is 3.56. The van der Waals surface area contributed by atoms with E-state index in [0.717, 1.165) is 11.0 Å². The normalized spacial score (nSPS) is 16.8. The van der Waals surface area contributed by atoms with Crippen LogP contribution < -0.4 is 4.90 Å². The fourth-order valence-electron chi connectivity index (χ4n) is 2.46. The number of sulfonamides is 1. The summed E-state index contributed by atoms with van der Waals surface area (Å²) < 4.78 is 31.2. The predicted molar refractivity (Wildman–Crippen MR) is 96.4 cm³/mol. The van der Waals surface area contributed by atoms with Gasteiger partial charge in [0.15, 0.2) is 0 Å². The van der Waals surface area contributed by atoms with Gasteiger partial charge in [-0.25, -0.2) is 13.4 Å². The van der Waals surface area contributed by atoms with Crippen LogP contribution in [0.3, 0.4) is 0 Å². The monoisotopic (exact) mass is 386 g/mol. The third-order valence-electron chi connectivity index (χ3n) is 3.91. The largest absolute Gasteiger partial charge is 0.344 e. The van der Waals surface area contributed by atoms with E-state index in [0.29, 0.717) is 37.1 Å². The summed E-state index contributed by atoms with van der Waals surface area (Å²) in [5, 5.41) is 1.39. The zero-order chi connectivity index (χ0) is 17.3. The molecule has 0 N–H and O–H groups in total. The Labute approximate surface area is 151 Å². The molecule has 0 atom stereocenters. The molecule has 1 aromatic carbocycles. The maximum absolute atomic E-state index is 12.7. The number of aromatic nitrogens is 2. The highest BCUT2D eigenvalue weighted by Gasteiger charge is 2.29. The van der Waals surface area contributed by atoms with Crippen LogP contribution >= 0.6 is 23.1 Å². The molecule has 3 rings (SSSR count). The number of rotatable bonds is 4. The first-order chi connectivity index (χ1) is 11.4. The highest BCUT2D eigenvalue weighted by atomic mass is 35.5. The van der Waals surface area contributed by atoms with Crippen molar-refractivity contribution in [3.63, 3.8) is 0 Å². The van der Waals surface area contributed by atoms with Crippen molar-refractivity contribution in [1.29, 1.82) is 0 Å². The van der Waals surface area contributed by atoms with Crippen LogP contribution in [0.25, 0.3) is 0 Å². The summed E-state index contributed by atoms with van der Waals surface area (Å²) in [6.45, 7) is 6.20. The maximum atomic E-state index is 12.7. The maximum Gasteiger partial charge on any atom is 0.243 e. The van der Waals surface area contributed by atoms with Crippen molar-refractivity contribution in [3.8, 4) is 0 Å². The lowest BCUT2D eigenvalue weighted by Gasteiger charge is -2.33. The molecule has 9 heteroatoms. The van der Waals surface area contributed by atoms with E-state index in [1.54, 1.807) is 24.3 Å². The Morgan fingerprint density at radius 3 is 2.29 bits per heavy atom. The van der Waals surface area contributed by atoms with Gasteiger partial charge in [0.1, 0.15) is 5.82 Å². The summed E-state index contributed by atoms with van der Waals surface area (Å²) in [5.41, 5.74) is 0. The Bertz CT molecular complexity index is 797. The van der Waals surface area contributed by atoms with Crippen LogP contribution in [-0.2, 0) is 10.0 Å². The Morgan fingerprint density at radius 1 is 1.12 bits per heavy atom. The smallest absolute Gasteiger partial charge is 0.243 e. The molecule has 2 heterocycles. The number of anilines is 1. The van der Waals surface area contributed by atoms with E-state index in [-0.39, 0.29) is 4.90 Å². The topological polar surface area (TPSA) is 66.4 Å². The third-order valence-corrected chi connectivity index (χ3v) is 6.86. The van der Waals surface area contributed by atoms with Gasteiger partial charge in [0.25, 0.3) is 0 Å². The number of halogens is 1. The van der Waals surface area contributed by atoms with Crippen LogP contribution in [0.1, 0.15) is 25.6 Å². The standard InChI is InChI=1S/C15H19ClN4O2S2/c1-11(2)14-17-15(23-18-14)19-7-9-20(10-8-19)24(21,22)13-5-3-12(16)4-6-13/h3-6,11H,7-10H2,1-2H3. The Hall–Kier alpha value is -1.22. The van der Waals surface area contributed by atoms with Crippen molar-refractivity contribution in [2.45, 2.75) is 24.7 Å². The summed E-state index contributed by atoms with van der Waals surface area (Å²) in [7, 11) is -3.48. The van der Waals surface area contributed by atoms with E-state index in [1.165, 1.54) is 15.8 Å². The minimum Gasteiger partial charge on any atom is -0.344 e. The van der Waals surface area contributed by atoms with Gasteiger partial charge in [0, 0.05) is 48.7 Å². The minimum absolute atomic E-state index is 0.276. The second-order valence-electron chi connectivity index (χ2n) is 5.93. The fourth-order valence-corrected chi connectivity index (χ4v) is 4.87. The van der Waals surface area contributed by atoms with E-state index in [1.807, 2.05) is 0 Å². The van der Waals surface area contributed by atoms with Crippen molar-refractivity contribution in [2.75, 3.05) is 31.1 Å². The van der Waals surface area contributed by atoms with E-state index >= 15 is 0 Å². The number of piperazine rings is 1. The second kappa shape index (κ2) is 6.95. The van der Waals surface area contributed by atoms with Crippen molar-refractivity contribution in [2.24, 2.45) is 0 Å². The molecule has 1 saturated heterocycles. The molecule has 1 aromatic heterocycles. The Morgan fingerprint density at radius 2 is 1.75 bits per heavy atom. The van der Waals surface area contributed by atoms with Crippen LogP contribution in [0.2, 0.25) is 5.02 Å². The lowest BCUT2D eigenvalue weighted by Crippen LogP contribution is -2.48. The molecule has 130 valence electrons. The Kier molecular flexibility index (Phi) is 5.10. The molecule has 0 aliphatic carbocycles. The summed E-state index contributed by atoms with van der Waals surface area (Å²) in [4.78, 5) is 6.91. The molecule has 0 radical (unpaired) electrons. The van der Waals surface area contributed by atoms with E-state index in [2.05, 4.69) is 28.1 Å². The molecule has 6 nitrogen and oxygen atoms in total. The lowest BCUT2D eigenvalue weighted by molar-refractivity contribution is 0.384. The summed E-state index contributed by atoms with van der Waals surface area (Å²) >= 11 is 7.21. The van der Waals surface area contributed by atoms with Gasteiger partial charge < -0.3 is 4.90 Å². The molecule has 0 amide bonds. The van der Waals surface area contributed by atoms with Gasteiger partial charge in [-0.1, -0.05) is 25.4 Å². The van der Waals surface area contributed by atoms with Crippen molar-refractivity contribution in [3.05, 3.63) is 35.1 Å². The molecular weight excluding hydrogens is 368 g/mol. The van der Waals surface area contributed by atoms with Gasteiger partial charge in [0.05, 0.1) is 4.90 Å². The number of nitrogens with zero attached hydrogens (tertiary/aromatic N) is 4. The van der Waals surface area contributed by atoms with Gasteiger partial charge in [-0.15, -0.1) is 0 Å². The van der Waals surface area contributed by atoms with Crippen LogP contribution in [-0.4, -0.2) is 48.3 Å². The number of hydrogen-bond acceptors (Lipinski definition) is 6. The van der Waals surface area contributed by atoms with Crippen molar-refractivity contribution < 1.29 is 8.42 Å². The molecule has 1 aliphatic rings. The van der Waals surface area contributed by atoms with E-state index in [9.17, 15) is 8.42 Å². The highest BCUT2D eigenvalue weighted by molar-refractivity contribution is 7.89. The summed E-state index contributed by atoms with van der Waals surface area (Å²) in [5.74, 6) is 1.13. The minimum atomic E-state index is -3.48. The van der Waals surface area contributed by atoms with Crippen molar-refractivity contribution >= 4 is 38.3 Å². The highest BCUT2D eigenvalue weighted by Crippen LogP contribution is 2.25. The van der Waals surface area contributed by atoms with Gasteiger partial charge in [-0.2, -0.15) is 8.68 Å². The first kappa shape index (κ1) is 17.6. The summed E-state index contributed by atoms with van der Waals surface area (Å²) in [6.07, 6.45) is 0. The second-order valence-corrected chi connectivity index (χ2v) is 9.04. The van der Waals surface area contributed by atoms with Gasteiger partial charge in [0.2, 0.25) is 15.2 Å². The molecule has 0 saturated carbocycles. The van der Waals surface area contributed by atoms with Crippen LogP contribution in [0.15, 0.2) is 29.2 Å². The molecule has 0 unspecified atom stereocenters. The average molecular weight is 387 g/mol. The fraction of sp³-hybridized carbons (Fsp3) is 0.467. The Balaban J connectivity index is 1.68. The lowest BCUT2D eigenvalue weighted by atomic mass is 10.2. The van der Waals surface area contributed by atoms with Gasteiger partial charge >= 0.3 is 0 Å². The number of benzene rings is 1. The molecule has 0 spiro atoms. The van der Waals surface area contributed by atoms with Crippen LogP contribution in [0.5, 0.6) is 0 Å². The average Bonchev–Trinajstić information content (AvgIpc) is 3.06. The molecule has 1 aliphatic heterocycles. The molecule has 0 bridgehead atoms. The van der Waals surface area contributed by atoms with Crippen LogP contribution in [0, 0.1) is 0 Å². The summed E-state index contributed by atoms with van der Waals surface area (Å²) in [6, 6.07) is 6.28. The van der Waals surface area contributed by atoms with E-state index in [4.69, 9.17) is 11.6 Å². The first-order valence-corrected chi connectivity index (χ1v) is 10.3. The zero-order valence-corrected chi connectivity index (χ0v) is 15.9. The predicted octanol–water partition coefficient (Wildman–Crippen LogP) is 2.83. The van der Waals surface area contributed by atoms with Gasteiger partial charge in [-0.05, 0) is 24.3 Å². The number of hydrogen-bond donors (Lipinski definition) is 0. The zero-order valence-electron chi connectivity index (χ0n) is 13.5. The van der Waals surface area contributed by atoms with Gasteiger partial charge in [-0.3, -0.25) is 0 Å². The van der Waals surface area contributed by atoms with Crippen molar-refractivity contribution in [1.82, 2.24) is 13.7 Å². The molecule has 24 heavy (non-hydrogen) atoms. The molecule has 2 aromatic rings.